The molecule has 0 aromatic heterocycles. The second-order valence-corrected chi connectivity index (χ2v) is 9.37. The van der Waals surface area contributed by atoms with Crippen molar-refractivity contribution < 1.29 is 28.7 Å². The molecule has 2 unspecified atom stereocenters. The van der Waals surface area contributed by atoms with Gasteiger partial charge < -0.3 is 20.1 Å². The third-order valence-electron chi connectivity index (χ3n) is 4.58. The van der Waals surface area contributed by atoms with E-state index in [0.717, 1.165) is 4.90 Å². The number of hydrogen-bond donors (Lipinski definition) is 2. The van der Waals surface area contributed by atoms with Crippen LogP contribution in [0.1, 0.15) is 44.4 Å². The summed E-state index contributed by atoms with van der Waals surface area (Å²) in [5.74, 6) is -1.49. The molecule has 0 spiro atoms. The zero-order chi connectivity index (χ0) is 26.6. The summed E-state index contributed by atoms with van der Waals surface area (Å²) < 4.78 is 9.86. The van der Waals surface area contributed by atoms with Crippen molar-refractivity contribution >= 4 is 41.7 Å². The number of esters is 1. The minimum absolute atomic E-state index is 0.251. The second-order valence-electron chi connectivity index (χ2n) is 8.39. The largest absolute Gasteiger partial charge is 0.468 e. The standard InChI is InChI=1S/C25H33N3O6S/c1-8-17-11-10-12-18(15-17)21(22(30)26-16-20(29)33-6)28(9-2)23(31)19(13-14-35-7)27-24(32)34-25(3,4)5/h2,8,10-12,15,19,21H,1,13-14,16H2,3-7H3,(H,26,30)(H,27,32). The van der Waals surface area contributed by atoms with Crippen molar-refractivity contribution in [1.29, 1.82) is 0 Å². The van der Waals surface area contributed by atoms with Gasteiger partial charge in [0, 0.05) is 6.04 Å². The van der Waals surface area contributed by atoms with Gasteiger partial charge in [-0.3, -0.25) is 19.3 Å². The van der Waals surface area contributed by atoms with E-state index in [2.05, 4.69) is 28.0 Å². The fourth-order valence-electron chi connectivity index (χ4n) is 2.98. The Morgan fingerprint density at radius 2 is 1.97 bits per heavy atom. The first-order chi connectivity index (χ1) is 16.5. The van der Waals surface area contributed by atoms with Crippen molar-refractivity contribution in [2.45, 2.75) is 44.9 Å². The number of nitrogens with one attached hydrogen (secondary N) is 2. The summed E-state index contributed by atoms with van der Waals surface area (Å²) in [6.45, 7) is 8.42. The molecule has 9 nitrogen and oxygen atoms in total. The molecular formula is C25H33N3O6S. The van der Waals surface area contributed by atoms with Crippen molar-refractivity contribution in [3.63, 3.8) is 0 Å². The molecule has 0 bridgehead atoms. The topological polar surface area (TPSA) is 114 Å². The molecule has 0 aliphatic heterocycles. The summed E-state index contributed by atoms with van der Waals surface area (Å²) in [4.78, 5) is 51.6. The first kappa shape index (κ1) is 29.6. The Bertz CT molecular complexity index is 967. The number of rotatable bonds is 11. The molecule has 0 saturated heterocycles. The van der Waals surface area contributed by atoms with Gasteiger partial charge in [-0.25, -0.2) is 4.79 Å². The third-order valence-corrected chi connectivity index (χ3v) is 5.22. The number of terminal acetylenes is 1. The number of nitrogens with zero attached hydrogens (tertiary/aromatic N) is 1. The Morgan fingerprint density at radius 1 is 1.29 bits per heavy atom. The zero-order valence-corrected chi connectivity index (χ0v) is 21.6. The van der Waals surface area contributed by atoms with E-state index in [1.807, 2.05) is 6.26 Å². The van der Waals surface area contributed by atoms with Gasteiger partial charge in [-0.1, -0.05) is 37.3 Å². The summed E-state index contributed by atoms with van der Waals surface area (Å²) >= 11 is 1.48. The van der Waals surface area contributed by atoms with Crippen LogP contribution in [0.5, 0.6) is 0 Å². The highest BCUT2D eigenvalue weighted by Crippen LogP contribution is 2.24. The van der Waals surface area contributed by atoms with E-state index < -0.39 is 48.1 Å². The van der Waals surface area contributed by atoms with Crippen LogP contribution < -0.4 is 10.6 Å². The lowest BCUT2D eigenvalue weighted by atomic mass is 10.0. The zero-order valence-electron chi connectivity index (χ0n) is 20.8. The Hall–Kier alpha value is -3.45. The van der Waals surface area contributed by atoms with E-state index in [1.165, 1.54) is 18.9 Å². The summed E-state index contributed by atoms with van der Waals surface area (Å²) in [7, 11) is 1.19. The number of benzene rings is 1. The highest BCUT2D eigenvalue weighted by Gasteiger charge is 2.36. The lowest BCUT2D eigenvalue weighted by Gasteiger charge is -2.30. The molecule has 2 N–H and O–H groups in total. The minimum Gasteiger partial charge on any atom is -0.468 e. The fraction of sp³-hybridized carbons (Fsp3) is 0.440. The van der Waals surface area contributed by atoms with E-state index in [1.54, 1.807) is 51.1 Å². The number of ether oxygens (including phenoxy) is 2. The second kappa shape index (κ2) is 14.1. The van der Waals surface area contributed by atoms with Crippen LogP contribution in [-0.4, -0.2) is 66.1 Å². The van der Waals surface area contributed by atoms with Crippen molar-refractivity contribution in [3.05, 3.63) is 42.0 Å². The van der Waals surface area contributed by atoms with Crippen LogP contribution in [0, 0.1) is 12.5 Å². The van der Waals surface area contributed by atoms with E-state index in [-0.39, 0.29) is 6.42 Å². The van der Waals surface area contributed by atoms with Crippen LogP contribution in [0.15, 0.2) is 30.8 Å². The van der Waals surface area contributed by atoms with E-state index in [0.29, 0.717) is 16.9 Å². The number of carbonyl (C=O) groups is 4. The number of methoxy groups -OCH3 is 1. The van der Waals surface area contributed by atoms with E-state index in [9.17, 15) is 19.2 Å². The average molecular weight is 504 g/mol. The first-order valence-corrected chi connectivity index (χ1v) is 12.2. The monoisotopic (exact) mass is 503 g/mol. The quantitative estimate of drug-likeness (QED) is 0.271. The molecule has 190 valence electrons. The van der Waals surface area contributed by atoms with Gasteiger partial charge >= 0.3 is 12.1 Å². The van der Waals surface area contributed by atoms with Gasteiger partial charge in [-0.15, -0.1) is 0 Å². The van der Waals surface area contributed by atoms with Gasteiger partial charge in [0.05, 0.1) is 7.11 Å². The Kier molecular flexibility index (Phi) is 11.9. The molecule has 0 aliphatic carbocycles. The summed E-state index contributed by atoms with van der Waals surface area (Å²) in [5.41, 5.74) is 0.324. The molecule has 1 aromatic rings. The Labute approximate surface area is 211 Å². The number of thioether (sulfide) groups is 1. The molecular weight excluding hydrogens is 470 g/mol. The molecule has 1 rings (SSSR count). The van der Waals surface area contributed by atoms with Gasteiger partial charge in [0.1, 0.15) is 24.2 Å². The number of hydrogen-bond acceptors (Lipinski definition) is 7. The van der Waals surface area contributed by atoms with Crippen LogP contribution in [0.3, 0.4) is 0 Å². The summed E-state index contributed by atoms with van der Waals surface area (Å²) in [6.07, 6.45) is 8.63. The maximum Gasteiger partial charge on any atom is 0.408 e. The van der Waals surface area contributed by atoms with Gasteiger partial charge in [0.25, 0.3) is 5.91 Å². The molecule has 0 fully saturated rings. The van der Waals surface area contributed by atoms with Crippen LogP contribution in [-0.2, 0) is 23.9 Å². The molecule has 0 saturated carbocycles. The molecule has 35 heavy (non-hydrogen) atoms. The first-order valence-electron chi connectivity index (χ1n) is 10.8. The van der Waals surface area contributed by atoms with Crippen molar-refractivity contribution in [1.82, 2.24) is 15.5 Å². The van der Waals surface area contributed by atoms with Crippen molar-refractivity contribution in [2.75, 3.05) is 25.7 Å². The van der Waals surface area contributed by atoms with E-state index in [4.69, 9.17) is 11.2 Å². The molecule has 2 atom stereocenters. The lowest BCUT2D eigenvalue weighted by molar-refractivity contribution is -0.142. The number of alkyl carbamates (subject to hydrolysis) is 1. The van der Waals surface area contributed by atoms with Gasteiger partial charge in [-0.2, -0.15) is 11.8 Å². The molecule has 0 heterocycles. The van der Waals surface area contributed by atoms with E-state index >= 15 is 0 Å². The SMILES string of the molecule is C#CN(C(=O)C(CCSC)NC(=O)OC(C)(C)C)C(C(=O)NCC(=O)OC)c1cccc(C=C)c1. The van der Waals surface area contributed by atoms with Gasteiger partial charge in [0.15, 0.2) is 0 Å². The normalized spacial score (nSPS) is 12.3. The molecule has 10 heteroatoms. The average Bonchev–Trinajstić information content (AvgIpc) is 2.81. The van der Waals surface area contributed by atoms with Gasteiger partial charge in [0.2, 0.25) is 5.91 Å². The molecule has 1 aromatic carbocycles. The predicted molar refractivity (Wildman–Crippen MR) is 136 cm³/mol. The maximum absolute atomic E-state index is 13.6. The Balaban J connectivity index is 3.38. The van der Waals surface area contributed by atoms with Crippen LogP contribution >= 0.6 is 11.8 Å². The lowest BCUT2D eigenvalue weighted by Crippen LogP contribution is -2.52. The van der Waals surface area contributed by atoms with Crippen molar-refractivity contribution in [2.24, 2.45) is 0 Å². The number of amides is 3. The smallest absolute Gasteiger partial charge is 0.408 e. The summed E-state index contributed by atoms with van der Waals surface area (Å²) in [5, 5.41) is 5.01. The molecule has 0 radical (unpaired) electrons. The highest BCUT2D eigenvalue weighted by molar-refractivity contribution is 7.98. The van der Waals surface area contributed by atoms with Gasteiger partial charge in [-0.05, 0) is 56.4 Å². The maximum atomic E-state index is 13.6. The predicted octanol–water partition coefficient (Wildman–Crippen LogP) is 2.73. The Morgan fingerprint density at radius 3 is 2.51 bits per heavy atom. The highest BCUT2D eigenvalue weighted by atomic mass is 32.2. The molecule has 3 amide bonds. The molecule has 0 aliphatic rings. The fourth-order valence-corrected chi connectivity index (χ4v) is 3.45. The summed E-state index contributed by atoms with van der Waals surface area (Å²) in [6, 6.07) is 6.70. The number of carbonyl (C=O) groups excluding carboxylic acids is 4. The van der Waals surface area contributed by atoms with Crippen LogP contribution in [0.4, 0.5) is 4.79 Å². The van der Waals surface area contributed by atoms with Crippen molar-refractivity contribution in [3.8, 4) is 12.5 Å². The minimum atomic E-state index is -1.28. The third kappa shape index (κ3) is 9.74. The van der Waals surface area contributed by atoms with Crippen LogP contribution in [0.2, 0.25) is 0 Å². The van der Waals surface area contributed by atoms with Crippen LogP contribution in [0.25, 0.3) is 6.08 Å².